The Balaban J connectivity index is 1.53. The minimum atomic E-state index is -0.838. The summed E-state index contributed by atoms with van der Waals surface area (Å²) in [6, 6.07) is 8.74. The lowest BCUT2D eigenvalue weighted by molar-refractivity contribution is -0.131. The third-order valence-electron chi connectivity index (χ3n) is 3.48. The molecule has 1 aromatic heterocycles. The number of benzene rings is 1. The summed E-state index contributed by atoms with van der Waals surface area (Å²) >= 11 is 0. The van der Waals surface area contributed by atoms with E-state index in [4.69, 9.17) is 9.47 Å². The van der Waals surface area contributed by atoms with E-state index in [1.807, 2.05) is 13.0 Å². The van der Waals surface area contributed by atoms with Crippen LogP contribution in [0, 0.1) is 0 Å². The number of aryl methyl sites for hydroxylation is 1. The lowest BCUT2D eigenvalue weighted by Crippen LogP contribution is -2.50. The summed E-state index contributed by atoms with van der Waals surface area (Å²) in [5.41, 5.74) is 5.73. The molecule has 3 N–H and O–H groups in total. The Kier molecular flexibility index (Phi) is 4.64. The molecule has 0 aliphatic carbocycles. The normalized spacial score (nSPS) is 15.6. The minimum absolute atomic E-state index is 0.0712. The summed E-state index contributed by atoms with van der Waals surface area (Å²) < 4.78 is 11.0. The molecule has 1 unspecified atom stereocenters. The molecule has 126 valence electrons. The highest BCUT2D eigenvalue weighted by molar-refractivity contribution is 5.94. The number of H-pyrrole nitrogens is 1. The number of hydrogen-bond donors (Lipinski definition) is 3. The van der Waals surface area contributed by atoms with Crippen molar-refractivity contribution in [3.63, 3.8) is 0 Å². The van der Waals surface area contributed by atoms with Crippen molar-refractivity contribution in [3.05, 3.63) is 41.7 Å². The van der Waals surface area contributed by atoms with Crippen molar-refractivity contribution in [2.45, 2.75) is 25.9 Å². The van der Waals surface area contributed by atoms with Crippen LogP contribution in [-0.2, 0) is 11.2 Å². The average Bonchev–Trinajstić information content (AvgIpc) is 3.08. The molecular formula is C16H18N4O4. The van der Waals surface area contributed by atoms with Gasteiger partial charge in [-0.05, 0) is 24.6 Å². The number of rotatable bonds is 4. The van der Waals surface area contributed by atoms with E-state index in [0.717, 1.165) is 18.5 Å². The third kappa shape index (κ3) is 3.48. The molecule has 0 spiro atoms. The Morgan fingerprint density at radius 2 is 2.08 bits per heavy atom. The number of hydrazine groups is 1. The molecule has 0 bridgehead atoms. The molecule has 8 nitrogen and oxygen atoms in total. The number of hydrogen-bond acceptors (Lipinski definition) is 5. The number of para-hydroxylation sites is 2. The van der Waals surface area contributed by atoms with E-state index in [1.165, 1.54) is 0 Å². The van der Waals surface area contributed by atoms with E-state index in [2.05, 4.69) is 21.0 Å². The van der Waals surface area contributed by atoms with Crippen LogP contribution in [0.3, 0.4) is 0 Å². The zero-order valence-corrected chi connectivity index (χ0v) is 13.2. The van der Waals surface area contributed by atoms with Crippen molar-refractivity contribution in [3.8, 4) is 11.5 Å². The number of ether oxygens (including phenoxy) is 2. The molecule has 1 aromatic carbocycles. The molecule has 24 heavy (non-hydrogen) atoms. The number of aromatic nitrogens is 2. The second-order valence-corrected chi connectivity index (χ2v) is 5.34. The topological polar surface area (TPSA) is 105 Å². The van der Waals surface area contributed by atoms with Gasteiger partial charge in [-0.1, -0.05) is 25.5 Å². The molecule has 2 amide bonds. The first-order valence-corrected chi connectivity index (χ1v) is 7.70. The van der Waals surface area contributed by atoms with Crippen molar-refractivity contribution in [2.75, 3.05) is 6.61 Å². The summed E-state index contributed by atoms with van der Waals surface area (Å²) in [5, 5.41) is 6.69. The number of aromatic amines is 1. The number of amides is 2. The second-order valence-electron chi connectivity index (χ2n) is 5.34. The van der Waals surface area contributed by atoms with Crippen LogP contribution in [0.25, 0.3) is 0 Å². The fraction of sp³-hybridized carbons (Fsp3) is 0.312. The van der Waals surface area contributed by atoms with E-state index in [0.29, 0.717) is 11.5 Å². The fourth-order valence-corrected chi connectivity index (χ4v) is 2.29. The minimum Gasteiger partial charge on any atom is -0.485 e. The highest BCUT2D eigenvalue weighted by Gasteiger charge is 2.27. The van der Waals surface area contributed by atoms with Crippen molar-refractivity contribution in [2.24, 2.45) is 0 Å². The Morgan fingerprint density at radius 3 is 2.88 bits per heavy atom. The van der Waals surface area contributed by atoms with Gasteiger partial charge < -0.3 is 9.47 Å². The summed E-state index contributed by atoms with van der Waals surface area (Å²) in [6.07, 6.45) is 0.912. The maximum atomic E-state index is 12.1. The average molecular weight is 330 g/mol. The van der Waals surface area contributed by atoms with Gasteiger partial charge in [0.1, 0.15) is 6.61 Å². The summed E-state index contributed by atoms with van der Waals surface area (Å²) in [5.74, 6) is 0.0820. The summed E-state index contributed by atoms with van der Waals surface area (Å²) in [4.78, 5) is 24.1. The van der Waals surface area contributed by atoms with Crippen LogP contribution in [0.2, 0.25) is 0 Å². The molecule has 0 saturated heterocycles. The quantitative estimate of drug-likeness (QED) is 0.724. The van der Waals surface area contributed by atoms with E-state index in [9.17, 15) is 9.59 Å². The third-order valence-corrected chi connectivity index (χ3v) is 3.48. The summed E-state index contributed by atoms with van der Waals surface area (Å²) in [7, 11) is 0. The number of nitrogens with zero attached hydrogens (tertiary/aromatic N) is 1. The van der Waals surface area contributed by atoms with Crippen molar-refractivity contribution < 1.29 is 19.1 Å². The van der Waals surface area contributed by atoms with Crippen LogP contribution in [0.1, 0.15) is 29.5 Å². The predicted octanol–water partition coefficient (Wildman–Crippen LogP) is 0.963. The first-order chi connectivity index (χ1) is 11.7. The molecule has 8 heteroatoms. The fourth-order valence-electron chi connectivity index (χ4n) is 2.29. The lowest BCUT2D eigenvalue weighted by Gasteiger charge is -2.25. The first-order valence-electron chi connectivity index (χ1n) is 7.70. The lowest BCUT2D eigenvalue weighted by atomic mass is 10.2. The maximum absolute atomic E-state index is 12.1. The zero-order chi connectivity index (χ0) is 16.9. The molecule has 0 fully saturated rings. The maximum Gasteiger partial charge on any atom is 0.290 e. The molecule has 1 aliphatic heterocycles. The molecule has 0 radical (unpaired) electrons. The molecule has 2 heterocycles. The van der Waals surface area contributed by atoms with Crippen LogP contribution < -0.4 is 20.3 Å². The number of carbonyl (C=O) groups is 2. The van der Waals surface area contributed by atoms with E-state index in [1.54, 1.807) is 24.3 Å². The number of nitrogens with one attached hydrogen (secondary N) is 3. The van der Waals surface area contributed by atoms with Gasteiger partial charge in [0.2, 0.25) is 6.10 Å². The van der Waals surface area contributed by atoms with E-state index >= 15 is 0 Å². The van der Waals surface area contributed by atoms with Gasteiger partial charge >= 0.3 is 0 Å². The second kappa shape index (κ2) is 7.03. The van der Waals surface area contributed by atoms with Crippen LogP contribution in [0.15, 0.2) is 30.3 Å². The van der Waals surface area contributed by atoms with Gasteiger partial charge in [-0.15, -0.1) is 0 Å². The largest absolute Gasteiger partial charge is 0.485 e. The molecule has 1 atom stereocenters. The molecule has 0 saturated carbocycles. The SMILES string of the molecule is CCCc1cc(C(=O)NNC(=O)C2COc3ccccc3O2)n[nH]1. The van der Waals surface area contributed by atoms with Crippen LogP contribution in [0.4, 0.5) is 0 Å². The number of fused-ring (bicyclic) bond motifs is 1. The van der Waals surface area contributed by atoms with E-state index < -0.39 is 17.9 Å². The highest BCUT2D eigenvalue weighted by atomic mass is 16.6. The van der Waals surface area contributed by atoms with Crippen LogP contribution in [0.5, 0.6) is 11.5 Å². The monoisotopic (exact) mass is 330 g/mol. The molecule has 2 aromatic rings. The zero-order valence-electron chi connectivity index (χ0n) is 13.2. The highest BCUT2D eigenvalue weighted by Crippen LogP contribution is 2.30. The van der Waals surface area contributed by atoms with Gasteiger partial charge in [0.25, 0.3) is 11.8 Å². The Hall–Kier alpha value is -3.03. The Labute approximate surface area is 138 Å². The van der Waals surface area contributed by atoms with E-state index in [-0.39, 0.29) is 12.3 Å². The molecular weight excluding hydrogens is 312 g/mol. The van der Waals surface area contributed by atoms with Gasteiger partial charge in [-0.2, -0.15) is 5.10 Å². The first kappa shape index (κ1) is 15.9. The van der Waals surface area contributed by atoms with Crippen molar-refractivity contribution in [1.82, 2.24) is 21.0 Å². The van der Waals surface area contributed by atoms with Gasteiger partial charge in [0.05, 0.1) is 0 Å². The van der Waals surface area contributed by atoms with Crippen LogP contribution in [-0.4, -0.2) is 34.7 Å². The molecule has 3 rings (SSSR count). The van der Waals surface area contributed by atoms with Gasteiger partial charge in [-0.25, -0.2) is 0 Å². The molecule has 1 aliphatic rings. The van der Waals surface area contributed by atoms with Gasteiger partial charge in [0.15, 0.2) is 17.2 Å². The predicted molar refractivity (Wildman–Crippen MR) is 84.5 cm³/mol. The number of carbonyl (C=O) groups excluding carboxylic acids is 2. The summed E-state index contributed by atoms with van der Waals surface area (Å²) in [6.45, 7) is 2.10. The standard InChI is InChI=1S/C16H18N4O4/c1-2-5-10-8-11(18-17-10)15(21)19-20-16(22)14-9-23-12-6-3-4-7-13(12)24-14/h3-4,6-8,14H,2,5,9H2,1H3,(H,17,18)(H,19,21)(H,20,22). The Morgan fingerprint density at radius 1 is 1.29 bits per heavy atom. The van der Waals surface area contributed by atoms with Gasteiger partial charge in [0, 0.05) is 5.69 Å². The van der Waals surface area contributed by atoms with Crippen molar-refractivity contribution >= 4 is 11.8 Å². The Bertz CT molecular complexity index is 743. The van der Waals surface area contributed by atoms with Crippen molar-refractivity contribution in [1.29, 1.82) is 0 Å². The smallest absolute Gasteiger partial charge is 0.290 e. The van der Waals surface area contributed by atoms with Crippen LogP contribution >= 0.6 is 0 Å². The van der Waals surface area contributed by atoms with Gasteiger partial charge in [-0.3, -0.25) is 25.5 Å².